The minimum absolute atomic E-state index is 0.250. The Labute approximate surface area is 49.1 Å². The van der Waals surface area contributed by atoms with Gasteiger partial charge in [0.25, 0.3) is 0 Å². The fraction of sp³-hybridized carbons (Fsp3) is 1.00. The summed E-state index contributed by atoms with van der Waals surface area (Å²) in [7, 11) is 0. The lowest BCUT2D eigenvalue weighted by Crippen LogP contribution is -2.08. The lowest BCUT2D eigenvalue weighted by atomic mass is 10.1. The molecule has 1 fully saturated rings. The van der Waals surface area contributed by atoms with Crippen LogP contribution in [-0.2, 0) is 0 Å². The highest BCUT2D eigenvalue weighted by Gasteiger charge is 2.27. The molecule has 0 aromatic carbocycles. The summed E-state index contributed by atoms with van der Waals surface area (Å²) in [6.07, 6.45) is 0.826. The van der Waals surface area contributed by atoms with Crippen LogP contribution in [0, 0.1) is 5.92 Å². The molecule has 1 aliphatic rings. The van der Waals surface area contributed by atoms with Crippen molar-refractivity contribution >= 4 is 0 Å². The van der Waals surface area contributed by atoms with Gasteiger partial charge in [-0.25, -0.2) is 0 Å². The summed E-state index contributed by atoms with van der Waals surface area (Å²) in [4.78, 5) is 0. The summed E-state index contributed by atoms with van der Waals surface area (Å²) in [6, 6.07) is 0. The molecule has 1 unspecified atom stereocenters. The molecule has 2 heteroatoms. The van der Waals surface area contributed by atoms with E-state index in [0.29, 0.717) is 12.3 Å². The van der Waals surface area contributed by atoms with Gasteiger partial charge in [0.2, 0.25) is 0 Å². The van der Waals surface area contributed by atoms with E-state index in [1.165, 1.54) is 0 Å². The zero-order chi connectivity index (χ0) is 6.15. The van der Waals surface area contributed by atoms with E-state index in [0.717, 1.165) is 6.42 Å². The third-order valence-corrected chi connectivity index (χ3v) is 1.81. The highest BCUT2D eigenvalue weighted by atomic mass is 16.3. The molecule has 0 aromatic heterocycles. The topological polar surface area (TPSA) is 40.5 Å². The van der Waals surface area contributed by atoms with Crippen molar-refractivity contribution < 1.29 is 10.2 Å². The second-order valence-corrected chi connectivity index (χ2v) is 2.67. The molecular formula is C6H12O2. The SMILES string of the molecule is C[C@H]1CC(O)C[C@@H]1O. The molecule has 0 spiro atoms. The fourth-order valence-corrected chi connectivity index (χ4v) is 1.19. The molecule has 0 aliphatic heterocycles. The summed E-state index contributed by atoms with van der Waals surface area (Å²) >= 11 is 0. The van der Waals surface area contributed by atoms with Gasteiger partial charge in [-0.05, 0) is 18.8 Å². The Morgan fingerprint density at radius 3 is 2.00 bits per heavy atom. The fourth-order valence-electron chi connectivity index (χ4n) is 1.19. The maximum Gasteiger partial charge on any atom is 0.0591 e. The van der Waals surface area contributed by atoms with Gasteiger partial charge in [-0.15, -0.1) is 0 Å². The maximum atomic E-state index is 9.01. The quantitative estimate of drug-likeness (QED) is 0.472. The van der Waals surface area contributed by atoms with E-state index in [1.807, 2.05) is 6.92 Å². The first-order valence-electron chi connectivity index (χ1n) is 3.06. The van der Waals surface area contributed by atoms with Gasteiger partial charge in [0, 0.05) is 0 Å². The summed E-state index contributed by atoms with van der Waals surface area (Å²) in [5, 5.41) is 17.9. The van der Waals surface area contributed by atoms with Crippen molar-refractivity contribution in [3.63, 3.8) is 0 Å². The van der Waals surface area contributed by atoms with Gasteiger partial charge >= 0.3 is 0 Å². The molecule has 0 aromatic rings. The van der Waals surface area contributed by atoms with Gasteiger partial charge < -0.3 is 10.2 Å². The summed E-state index contributed by atoms with van der Waals surface area (Å²) < 4.78 is 0. The Hall–Kier alpha value is -0.0800. The Bertz CT molecular complexity index is 72.6. The lowest BCUT2D eigenvalue weighted by molar-refractivity contribution is 0.124. The van der Waals surface area contributed by atoms with Crippen LogP contribution in [0.25, 0.3) is 0 Å². The molecule has 1 aliphatic carbocycles. The van der Waals surface area contributed by atoms with Crippen molar-refractivity contribution in [1.29, 1.82) is 0 Å². The molecule has 8 heavy (non-hydrogen) atoms. The van der Waals surface area contributed by atoms with Crippen LogP contribution in [0.1, 0.15) is 19.8 Å². The minimum Gasteiger partial charge on any atom is -0.393 e. The van der Waals surface area contributed by atoms with Crippen molar-refractivity contribution in [3.05, 3.63) is 0 Å². The number of hydrogen-bond donors (Lipinski definition) is 2. The van der Waals surface area contributed by atoms with E-state index in [2.05, 4.69) is 0 Å². The number of aliphatic hydroxyl groups excluding tert-OH is 2. The molecule has 0 amide bonds. The Morgan fingerprint density at radius 2 is 1.88 bits per heavy atom. The minimum atomic E-state index is -0.259. The smallest absolute Gasteiger partial charge is 0.0591 e. The van der Waals surface area contributed by atoms with E-state index < -0.39 is 0 Å². The van der Waals surface area contributed by atoms with E-state index in [4.69, 9.17) is 10.2 Å². The maximum absolute atomic E-state index is 9.01. The average molecular weight is 116 g/mol. The van der Waals surface area contributed by atoms with Crippen LogP contribution in [0.2, 0.25) is 0 Å². The van der Waals surface area contributed by atoms with E-state index in [-0.39, 0.29) is 12.2 Å². The van der Waals surface area contributed by atoms with E-state index in [9.17, 15) is 0 Å². The monoisotopic (exact) mass is 116 g/mol. The predicted octanol–water partition coefficient (Wildman–Crippen LogP) is 0.138. The molecule has 1 saturated carbocycles. The van der Waals surface area contributed by atoms with Gasteiger partial charge in [0.05, 0.1) is 12.2 Å². The summed E-state index contributed by atoms with van der Waals surface area (Å²) in [6.45, 7) is 1.96. The van der Waals surface area contributed by atoms with Crippen LogP contribution >= 0.6 is 0 Å². The van der Waals surface area contributed by atoms with Gasteiger partial charge in [-0.1, -0.05) is 6.92 Å². The van der Waals surface area contributed by atoms with Crippen molar-refractivity contribution in [3.8, 4) is 0 Å². The molecule has 3 atom stereocenters. The van der Waals surface area contributed by atoms with Crippen LogP contribution < -0.4 is 0 Å². The molecule has 0 heterocycles. The summed E-state index contributed by atoms with van der Waals surface area (Å²) in [5.41, 5.74) is 0. The van der Waals surface area contributed by atoms with Crippen LogP contribution in [0.15, 0.2) is 0 Å². The third kappa shape index (κ3) is 1.01. The van der Waals surface area contributed by atoms with Gasteiger partial charge in [0.15, 0.2) is 0 Å². The largest absolute Gasteiger partial charge is 0.393 e. The lowest BCUT2D eigenvalue weighted by Gasteiger charge is -2.03. The number of aliphatic hydroxyl groups is 2. The normalized spacial score (nSPS) is 47.6. The van der Waals surface area contributed by atoms with Crippen LogP contribution in [0.4, 0.5) is 0 Å². The molecule has 0 radical (unpaired) electrons. The first-order valence-corrected chi connectivity index (χ1v) is 3.06. The van der Waals surface area contributed by atoms with Crippen molar-refractivity contribution in [1.82, 2.24) is 0 Å². The molecule has 0 saturated heterocycles. The molecular weight excluding hydrogens is 104 g/mol. The zero-order valence-corrected chi connectivity index (χ0v) is 5.04. The standard InChI is InChI=1S/C6H12O2/c1-4-2-5(7)3-6(4)8/h4-8H,2-3H2,1H3/t4-,5?,6-/m0/s1. The molecule has 48 valence electrons. The molecule has 1 rings (SSSR count). The Kier molecular flexibility index (Phi) is 1.54. The molecule has 0 bridgehead atoms. The second-order valence-electron chi connectivity index (χ2n) is 2.67. The van der Waals surface area contributed by atoms with Crippen LogP contribution in [0.5, 0.6) is 0 Å². The van der Waals surface area contributed by atoms with Crippen molar-refractivity contribution in [2.45, 2.75) is 32.0 Å². The highest BCUT2D eigenvalue weighted by Crippen LogP contribution is 2.24. The van der Waals surface area contributed by atoms with E-state index >= 15 is 0 Å². The van der Waals surface area contributed by atoms with Gasteiger partial charge in [-0.2, -0.15) is 0 Å². The Morgan fingerprint density at radius 1 is 1.25 bits per heavy atom. The molecule has 2 N–H and O–H groups in total. The Balaban J connectivity index is 2.39. The highest BCUT2D eigenvalue weighted by molar-refractivity contribution is 4.79. The first-order chi connectivity index (χ1) is 3.70. The first kappa shape index (κ1) is 6.05. The number of rotatable bonds is 0. The zero-order valence-electron chi connectivity index (χ0n) is 5.04. The predicted molar refractivity (Wildman–Crippen MR) is 30.4 cm³/mol. The molecule has 2 nitrogen and oxygen atoms in total. The van der Waals surface area contributed by atoms with Gasteiger partial charge in [0.1, 0.15) is 0 Å². The third-order valence-electron chi connectivity index (χ3n) is 1.81. The summed E-state index contributed by atoms with van der Waals surface area (Å²) in [5.74, 6) is 0.296. The number of hydrogen-bond acceptors (Lipinski definition) is 2. The van der Waals surface area contributed by atoms with Gasteiger partial charge in [-0.3, -0.25) is 0 Å². The van der Waals surface area contributed by atoms with Crippen molar-refractivity contribution in [2.24, 2.45) is 5.92 Å². The average Bonchev–Trinajstić information content (AvgIpc) is 1.85. The van der Waals surface area contributed by atoms with Crippen LogP contribution in [0.3, 0.4) is 0 Å². The second kappa shape index (κ2) is 2.03. The van der Waals surface area contributed by atoms with Crippen LogP contribution in [-0.4, -0.2) is 22.4 Å². The van der Waals surface area contributed by atoms with E-state index in [1.54, 1.807) is 0 Å². The van der Waals surface area contributed by atoms with Crippen molar-refractivity contribution in [2.75, 3.05) is 0 Å².